The summed E-state index contributed by atoms with van der Waals surface area (Å²) in [6.07, 6.45) is 1.72. The van der Waals surface area contributed by atoms with Gasteiger partial charge in [0.2, 0.25) is 5.88 Å². The number of rotatable bonds is 4. The number of pyridine rings is 1. The molecule has 0 aliphatic carbocycles. The van der Waals surface area contributed by atoms with Crippen LogP contribution >= 0.6 is 0 Å². The number of aromatic nitrogens is 1. The Morgan fingerprint density at radius 1 is 1.24 bits per heavy atom. The molecule has 0 spiro atoms. The van der Waals surface area contributed by atoms with E-state index in [1.165, 1.54) is 0 Å². The third-order valence-corrected chi connectivity index (χ3v) is 2.51. The molecule has 0 bridgehead atoms. The van der Waals surface area contributed by atoms with E-state index in [9.17, 15) is 0 Å². The minimum Gasteiger partial charge on any atom is -0.473 e. The number of hydrogen-bond acceptors (Lipinski definition) is 3. The topological polar surface area (TPSA) is 48.1 Å². The average Bonchev–Trinajstić information content (AvgIpc) is 2.38. The van der Waals surface area contributed by atoms with Gasteiger partial charge in [-0.15, -0.1) is 0 Å². The minimum absolute atomic E-state index is 0.00271. The molecule has 1 aromatic carbocycles. The molecule has 0 aliphatic heterocycles. The van der Waals surface area contributed by atoms with Crippen molar-refractivity contribution in [2.45, 2.75) is 19.6 Å². The number of nitrogens with zero attached hydrogens (tertiary/aromatic N) is 1. The van der Waals surface area contributed by atoms with Crippen LogP contribution in [0, 0.1) is 0 Å². The third-order valence-electron chi connectivity index (χ3n) is 2.51. The van der Waals surface area contributed by atoms with E-state index in [4.69, 9.17) is 10.5 Å². The first-order chi connectivity index (χ1) is 8.25. The molecule has 0 fully saturated rings. The molecule has 0 saturated carbocycles. The summed E-state index contributed by atoms with van der Waals surface area (Å²) in [6.45, 7) is 2.46. The minimum atomic E-state index is -0.00271. The van der Waals surface area contributed by atoms with Crippen molar-refractivity contribution in [3.05, 3.63) is 59.8 Å². The van der Waals surface area contributed by atoms with Crippen molar-refractivity contribution in [2.24, 2.45) is 5.73 Å². The lowest BCUT2D eigenvalue weighted by atomic mass is 10.1. The fraction of sp³-hybridized carbons (Fsp3) is 0.214. The average molecular weight is 228 g/mol. The van der Waals surface area contributed by atoms with E-state index in [1.54, 1.807) is 6.20 Å². The van der Waals surface area contributed by atoms with Crippen molar-refractivity contribution >= 4 is 0 Å². The van der Waals surface area contributed by atoms with E-state index in [1.807, 2.05) is 49.4 Å². The van der Waals surface area contributed by atoms with Gasteiger partial charge in [0.25, 0.3) is 0 Å². The number of nitrogens with two attached hydrogens (primary N) is 1. The van der Waals surface area contributed by atoms with Crippen molar-refractivity contribution in [1.82, 2.24) is 4.98 Å². The molecule has 1 aromatic heterocycles. The highest BCUT2D eigenvalue weighted by molar-refractivity contribution is 5.23. The Labute approximate surface area is 101 Å². The van der Waals surface area contributed by atoms with Crippen LogP contribution in [0.5, 0.6) is 5.88 Å². The van der Waals surface area contributed by atoms with Crippen molar-refractivity contribution in [3.63, 3.8) is 0 Å². The van der Waals surface area contributed by atoms with Gasteiger partial charge in [0, 0.05) is 18.3 Å². The van der Waals surface area contributed by atoms with Crippen LogP contribution in [0.4, 0.5) is 0 Å². The Bertz CT molecular complexity index is 469. The van der Waals surface area contributed by atoms with Crippen LogP contribution in [0.1, 0.15) is 24.1 Å². The molecule has 1 heterocycles. The summed E-state index contributed by atoms with van der Waals surface area (Å²) < 4.78 is 5.62. The van der Waals surface area contributed by atoms with E-state index in [0.29, 0.717) is 12.5 Å². The summed E-state index contributed by atoms with van der Waals surface area (Å²) in [4.78, 5) is 4.16. The van der Waals surface area contributed by atoms with Gasteiger partial charge in [-0.3, -0.25) is 0 Å². The summed E-state index contributed by atoms with van der Waals surface area (Å²) >= 11 is 0. The second kappa shape index (κ2) is 5.46. The zero-order valence-electron chi connectivity index (χ0n) is 9.84. The molecule has 0 aliphatic rings. The summed E-state index contributed by atoms with van der Waals surface area (Å²) in [7, 11) is 0. The number of ether oxygens (including phenoxy) is 1. The van der Waals surface area contributed by atoms with Gasteiger partial charge in [-0.1, -0.05) is 30.3 Å². The maximum atomic E-state index is 5.81. The molecule has 0 unspecified atom stereocenters. The van der Waals surface area contributed by atoms with Gasteiger partial charge in [-0.05, 0) is 24.1 Å². The summed E-state index contributed by atoms with van der Waals surface area (Å²) in [5, 5.41) is 0. The standard InChI is InChI=1S/C14H16N2O/c1-11(15)13-7-8-16-14(9-13)17-10-12-5-3-2-4-6-12/h2-9,11H,10,15H2,1H3/t11-/m0/s1. The lowest BCUT2D eigenvalue weighted by molar-refractivity contribution is 0.293. The van der Waals surface area contributed by atoms with Gasteiger partial charge >= 0.3 is 0 Å². The van der Waals surface area contributed by atoms with Crippen LogP contribution in [0.3, 0.4) is 0 Å². The lowest BCUT2D eigenvalue weighted by Gasteiger charge is -2.08. The Kier molecular flexibility index (Phi) is 3.73. The van der Waals surface area contributed by atoms with Gasteiger partial charge < -0.3 is 10.5 Å². The van der Waals surface area contributed by atoms with Crippen LogP contribution in [0.25, 0.3) is 0 Å². The van der Waals surface area contributed by atoms with Gasteiger partial charge in [0.15, 0.2) is 0 Å². The molecule has 1 atom stereocenters. The molecule has 3 heteroatoms. The van der Waals surface area contributed by atoms with Crippen molar-refractivity contribution in [3.8, 4) is 5.88 Å². The van der Waals surface area contributed by atoms with Gasteiger partial charge in [-0.2, -0.15) is 0 Å². The van der Waals surface area contributed by atoms with E-state index < -0.39 is 0 Å². The smallest absolute Gasteiger partial charge is 0.213 e. The maximum absolute atomic E-state index is 5.81. The highest BCUT2D eigenvalue weighted by Crippen LogP contribution is 2.15. The first kappa shape index (κ1) is 11.6. The Morgan fingerprint density at radius 3 is 2.71 bits per heavy atom. The zero-order valence-corrected chi connectivity index (χ0v) is 9.84. The predicted octanol–water partition coefficient (Wildman–Crippen LogP) is 2.68. The van der Waals surface area contributed by atoms with Crippen LogP contribution < -0.4 is 10.5 Å². The first-order valence-electron chi connectivity index (χ1n) is 5.64. The fourth-order valence-electron chi connectivity index (χ4n) is 1.52. The summed E-state index contributed by atoms with van der Waals surface area (Å²) in [6, 6.07) is 13.8. The molecular weight excluding hydrogens is 212 g/mol. The largest absolute Gasteiger partial charge is 0.473 e. The highest BCUT2D eigenvalue weighted by Gasteiger charge is 2.02. The predicted molar refractivity (Wildman–Crippen MR) is 67.6 cm³/mol. The molecule has 0 amide bonds. The Balaban J connectivity index is 2.02. The molecule has 88 valence electrons. The molecule has 0 radical (unpaired) electrons. The van der Waals surface area contributed by atoms with Gasteiger partial charge in [0.1, 0.15) is 6.61 Å². The lowest BCUT2D eigenvalue weighted by Crippen LogP contribution is -2.06. The van der Waals surface area contributed by atoms with Crippen molar-refractivity contribution < 1.29 is 4.74 Å². The molecule has 3 nitrogen and oxygen atoms in total. The molecule has 17 heavy (non-hydrogen) atoms. The normalized spacial score (nSPS) is 12.1. The zero-order chi connectivity index (χ0) is 12.1. The summed E-state index contributed by atoms with van der Waals surface area (Å²) in [5.74, 6) is 0.614. The Hall–Kier alpha value is -1.87. The fourth-order valence-corrected chi connectivity index (χ4v) is 1.52. The second-order valence-electron chi connectivity index (χ2n) is 3.99. The van der Waals surface area contributed by atoms with Crippen LogP contribution in [-0.4, -0.2) is 4.98 Å². The van der Waals surface area contributed by atoms with Crippen LogP contribution in [-0.2, 0) is 6.61 Å². The second-order valence-corrected chi connectivity index (χ2v) is 3.99. The van der Waals surface area contributed by atoms with Crippen molar-refractivity contribution in [1.29, 1.82) is 0 Å². The highest BCUT2D eigenvalue weighted by atomic mass is 16.5. The van der Waals surface area contributed by atoms with Gasteiger partial charge in [-0.25, -0.2) is 4.98 Å². The molecule has 2 aromatic rings. The van der Waals surface area contributed by atoms with E-state index in [-0.39, 0.29) is 6.04 Å². The maximum Gasteiger partial charge on any atom is 0.213 e. The number of hydrogen-bond donors (Lipinski definition) is 1. The quantitative estimate of drug-likeness (QED) is 0.875. The van der Waals surface area contributed by atoms with E-state index in [2.05, 4.69) is 4.98 Å². The molecule has 2 N–H and O–H groups in total. The van der Waals surface area contributed by atoms with E-state index >= 15 is 0 Å². The van der Waals surface area contributed by atoms with Crippen molar-refractivity contribution in [2.75, 3.05) is 0 Å². The Morgan fingerprint density at radius 2 is 2.00 bits per heavy atom. The van der Waals surface area contributed by atoms with Gasteiger partial charge in [0.05, 0.1) is 0 Å². The summed E-state index contributed by atoms with van der Waals surface area (Å²) in [5.41, 5.74) is 7.96. The first-order valence-corrected chi connectivity index (χ1v) is 5.64. The third kappa shape index (κ3) is 3.29. The van der Waals surface area contributed by atoms with E-state index in [0.717, 1.165) is 11.1 Å². The monoisotopic (exact) mass is 228 g/mol. The molecule has 2 rings (SSSR count). The van der Waals surface area contributed by atoms with Crippen LogP contribution in [0.15, 0.2) is 48.7 Å². The molecular formula is C14H16N2O. The molecule has 0 saturated heterocycles. The van der Waals surface area contributed by atoms with Crippen LogP contribution in [0.2, 0.25) is 0 Å². The SMILES string of the molecule is C[C@H](N)c1ccnc(OCc2ccccc2)c1. The number of benzene rings is 1.